The highest BCUT2D eigenvalue weighted by Gasteiger charge is 2.29. The van der Waals surface area contributed by atoms with Crippen LogP contribution in [-0.4, -0.2) is 29.0 Å². The molecule has 0 radical (unpaired) electrons. The van der Waals surface area contributed by atoms with Gasteiger partial charge < -0.3 is 10.0 Å². The number of aliphatic hydroxyl groups excluding tert-OH is 1. The molecule has 1 fully saturated rings. The number of carbonyl (C=O) groups is 1. The maximum Gasteiger partial charge on any atom is 0.253 e. The van der Waals surface area contributed by atoms with Crippen molar-refractivity contribution in [3.63, 3.8) is 0 Å². The number of carbonyl (C=O) groups excluding carboxylic acids is 1. The Bertz CT molecular complexity index is 700. The minimum absolute atomic E-state index is 0.0142. The molecule has 2 aromatic carbocycles. The molecular weight excluding hydrogens is 345 g/mol. The standard InChI is InChI=1S/C19H19Cl2NO2/c20-16-7-3-13(4-8-16)18(23)15-2-1-11-22(12-15)19(24)14-5-9-17(21)10-6-14/h3-10,15,18,23H,1-2,11-12H2/t15?,18-/m0/s1. The van der Waals surface area contributed by atoms with Crippen molar-refractivity contribution >= 4 is 29.1 Å². The van der Waals surface area contributed by atoms with Crippen molar-refractivity contribution in [3.05, 3.63) is 69.7 Å². The Kier molecular flexibility index (Phi) is 5.44. The zero-order chi connectivity index (χ0) is 17.1. The van der Waals surface area contributed by atoms with Gasteiger partial charge in [0.1, 0.15) is 0 Å². The predicted molar refractivity (Wildman–Crippen MR) is 96.5 cm³/mol. The van der Waals surface area contributed by atoms with E-state index >= 15 is 0 Å². The minimum atomic E-state index is -0.594. The monoisotopic (exact) mass is 363 g/mol. The summed E-state index contributed by atoms with van der Waals surface area (Å²) in [7, 11) is 0. The largest absolute Gasteiger partial charge is 0.388 e. The van der Waals surface area contributed by atoms with E-state index in [1.807, 2.05) is 17.0 Å². The second-order valence-electron chi connectivity index (χ2n) is 6.16. The molecule has 2 aromatic rings. The Balaban J connectivity index is 1.70. The number of aliphatic hydroxyl groups is 1. The molecule has 126 valence electrons. The van der Waals surface area contributed by atoms with Crippen LogP contribution in [0.15, 0.2) is 48.5 Å². The fraction of sp³-hybridized carbons (Fsp3) is 0.316. The molecule has 1 heterocycles. The molecule has 0 bridgehead atoms. The average molecular weight is 364 g/mol. The van der Waals surface area contributed by atoms with Gasteiger partial charge in [0.2, 0.25) is 0 Å². The summed E-state index contributed by atoms with van der Waals surface area (Å²) in [6, 6.07) is 14.2. The van der Waals surface area contributed by atoms with Crippen LogP contribution in [0.2, 0.25) is 10.0 Å². The highest BCUT2D eigenvalue weighted by atomic mass is 35.5. The molecule has 3 nitrogen and oxygen atoms in total. The summed E-state index contributed by atoms with van der Waals surface area (Å²) in [6.45, 7) is 1.26. The van der Waals surface area contributed by atoms with Gasteiger partial charge in [-0.3, -0.25) is 4.79 Å². The van der Waals surface area contributed by atoms with Crippen LogP contribution >= 0.6 is 23.2 Å². The molecule has 2 atom stereocenters. The lowest BCUT2D eigenvalue weighted by molar-refractivity contribution is 0.0401. The Labute approximate surface area is 151 Å². The van der Waals surface area contributed by atoms with Gasteiger partial charge in [-0.25, -0.2) is 0 Å². The third-order valence-electron chi connectivity index (χ3n) is 4.49. The summed E-state index contributed by atoms with van der Waals surface area (Å²) < 4.78 is 0. The van der Waals surface area contributed by atoms with Crippen molar-refractivity contribution in [2.24, 2.45) is 5.92 Å². The van der Waals surface area contributed by atoms with Gasteiger partial charge in [0.15, 0.2) is 0 Å². The first-order chi connectivity index (χ1) is 11.5. The van der Waals surface area contributed by atoms with Crippen LogP contribution in [-0.2, 0) is 0 Å². The smallest absolute Gasteiger partial charge is 0.253 e. The molecule has 1 amide bonds. The van der Waals surface area contributed by atoms with Gasteiger partial charge in [0.25, 0.3) is 5.91 Å². The molecule has 0 aliphatic carbocycles. The topological polar surface area (TPSA) is 40.5 Å². The van der Waals surface area contributed by atoms with Gasteiger partial charge in [0.05, 0.1) is 6.10 Å². The lowest BCUT2D eigenvalue weighted by Gasteiger charge is -2.35. The molecule has 5 heteroatoms. The second-order valence-corrected chi connectivity index (χ2v) is 7.03. The minimum Gasteiger partial charge on any atom is -0.388 e. The van der Waals surface area contributed by atoms with Crippen LogP contribution in [0.5, 0.6) is 0 Å². The van der Waals surface area contributed by atoms with Crippen molar-refractivity contribution in [2.75, 3.05) is 13.1 Å². The predicted octanol–water partition coefficient (Wildman–Crippen LogP) is 4.58. The number of hydrogen-bond donors (Lipinski definition) is 1. The first-order valence-electron chi connectivity index (χ1n) is 8.03. The maximum absolute atomic E-state index is 12.6. The van der Waals surface area contributed by atoms with Crippen molar-refractivity contribution in [2.45, 2.75) is 18.9 Å². The van der Waals surface area contributed by atoms with E-state index in [0.29, 0.717) is 28.7 Å². The second kappa shape index (κ2) is 7.56. The van der Waals surface area contributed by atoms with Crippen molar-refractivity contribution < 1.29 is 9.90 Å². The molecule has 3 rings (SSSR count). The summed E-state index contributed by atoms with van der Waals surface area (Å²) in [5.41, 5.74) is 1.46. The van der Waals surface area contributed by atoms with Gasteiger partial charge >= 0.3 is 0 Å². The van der Waals surface area contributed by atoms with E-state index in [2.05, 4.69) is 0 Å². The molecule has 0 spiro atoms. The Morgan fingerprint density at radius 1 is 1.04 bits per heavy atom. The molecule has 1 aliphatic heterocycles. The average Bonchev–Trinajstić information content (AvgIpc) is 2.62. The highest BCUT2D eigenvalue weighted by molar-refractivity contribution is 6.30. The van der Waals surface area contributed by atoms with Gasteiger partial charge in [-0.05, 0) is 54.8 Å². The number of hydrogen-bond acceptors (Lipinski definition) is 2. The van der Waals surface area contributed by atoms with E-state index in [1.165, 1.54) is 0 Å². The number of benzene rings is 2. The first-order valence-corrected chi connectivity index (χ1v) is 8.78. The molecular formula is C19H19Cl2NO2. The fourth-order valence-electron chi connectivity index (χ4n) is 3.16. The Morgan fingerprint density at radius 2 is 1.62 bits per heavy atom. The van der Waals surface area contributed by atoms with E-state index in [0.717, 1.165) is 18.4 Å². The lowest BCUT2D eigenvalue weighted by atomic mass is 9.88. The van der Waals surface area contributed by atoms with E-state index in [1.54, 1.807) is 36.4 Å². The quantitative estimate of drug-likeness (QED) is 0.866. The van der Waals surface area contributed by atoms with E-state index < -0.39 is 6.10 Å². The van der Waals surface area contributed by atoms with Gasteiger partial charge in [0, 0.05) is 34.6 Å². The number of nitrogens with zero attached hydrogens (tertiary/aromatic N) is 1. The SMILES string of the molecule is O=C(c1ccc(Cl)cc1)N1CCCC([C@@H](O)c2ccc(Cl)cc2)C1. The van der Waals surface area contributed by atoms with Crippen LogP contribution in [0.4, 0.5) is 0 Å². The van der Waals surface area contributed by atoms with Crippen LogP contribution in [0.25, 0.3) is 0 Å². The molecule has 24 heavy (non-hydrogen) atoms. The molecule has 1 unspecified atom stereocenters. The Morgan fingerprint density at radius 3 is 2.25 bits per heavy atom. The zero-order valence-electron chi connectivity index (χ0n) is 13.2. The van der Waals surface area contributed by atoms with E-state index in [-0.39, 0.29) is 11.8 Å². The molecule has 0 aromatic heterocycles. The molecule has 1 saturated heterocycles. The van der Waals surface area contributed by atoms with Gasteiger partial charge in [-0.1, -0.05) is 35.3 Å². The number of rotatable bonds is 3. The van der Waals surface area contributed by atoms with Crippen LogP contribution < -0.4 is 0 Å². The number of likely N-dealkylation sites (tertiary alicyclic amines) is 1. The zero-order valence-corrected chi connectivity index (χ0v) is 14.7. The normalized spacial score (nSPS) is 19.1. The molecule has 1 N–H and O–H groups in total. The van der Waals surface area contributed by atoms with Gasteiger partial charge in [-0.15, -0.1) is 0 Å². The summed E-state index contributed by atoms with van der Waals surface area (Å²) in [5.74, 6) is 0.0100. The maximum atomic E-state index is 12.6. The van der Waals surface area contributed by atoms with Crippen LogP contribution in [0, 0.1) is 5.92 Å². The van der Waals surface area contributed by atoms with E-state index in [9.17, 15) is 9.90 Å². The molecule has 1 aliphatic rings. The van der Waals surface area contributed by atoms with Crippen LogP contribution in [0.3, 0.4) is 0 Å². The molecule has 0 saturated carbocycles. The third kappa shape index (κ3) is 3.92. The summed E-state index contributed by atoms with van der Waals surface area (Å²) in [4.78, 5) is 14.5. The van der Waals surface area contributed by atoms with Crippen molar-refractivity contribution in [1.29, 1.82) is 0 Å². The summed E-state index contributed by atoms with van der Waals surface area (Å²) in [5, 5.41) is 11.9. The van der Waals surface area contributed by atoms with Gasteiger partial charge in [-0.2, -0.15) is 0 Å². The van der Waals surface area contributed by atoms with Crippen molar-refractivity contribution in [1.82, 2.24) is 4.90 Å². The first kappa shape index (κ1) is 17.3. The number of piperidine rings is 1. The number of amides is 1. The summed E-state index contributed by atoms with van der Waals surface area (Å²) in [6.07, 6.45) is 1.19. The summed E-state index contributed by atoms with van der Waals surface area (Å²) >= 11 is 11.8. The third-order valence-corrected chi connectivity index (χ3v) is 5.00. The lowest BCUT2D eigenvalue weighted by Crippen LogP contribution is -2.41. The van der Waals surface area contributed by atoms with Crippen molar-refractivity contribution in [3.8, 4) is 0 Å². The fourth-order valence-corrected chi connectivity index (χ4v) is 3.41. The highest BCUT2D eigenvalue weighted by Crippen LogP contribution is 2.31. The Hall–Kier alpha value is -1.55. The number of halogens is 2. The van der Waals surface area contributed by atoms with E-state index in [4.69, 9.17) is 23.2 Å². The van der Waals surface area contributed by atoms with Crippen LogP contribution in [0.1, 0.15) is 34.9 Å².